The van der Waals surface area contributed by atoms with Gasteiger partial charge in [0.25, 0.3) is 0 Å². The number of nitrogens with one attached hydrogen (secondary N) is 2. The van der Waals surface area contributed by atoms with Crippen molar-refractivity contribution < 1.29 is 14.7 Å². The summed E-state index contributed by atoms with van der Waals surface area (Å²) >= 11 is 0. The molecular formula is C18H30N6O3. The second kappa shape index (κ2) is 10.1. The number of anilines is 1. The van der Waals surface area contributed by atoms with Crippen LogP contribution in [0.15, 0.2) is 18.5 Å². The number of nitrogens with zero attached hydrogens (tertiary/aromatic N) is 4. The van der Waals surface area contributed by atoms with E-state index in [-0.39, 0.29) is 12.5 Å². The minimum Gasteiger partial charge on any atom is -0.481 e. The maximum absolute atomic E-state index is 11.8. The van der Waals surface area contributed by atoms with Crippen molar-refractivity contribution in [3.63, 3.8) is 0 Å². The van der Waals surface area contributed by atoms with E-state index in [0.29, 0.717) is 6.54 Å². The SMILES string of the molecule is CC(C)(CC(=O)O)NC(=O)NCCCCN1CCN(c2ncccn2)CC1. The molecule has 2 rings (SSSR count). The summed E-state index contributed by atoms with van der Waals surface area (Å²) in [6.07, 6.45) is 5.30. The van der Waals surface area contributed by atoms with Crippen LogP contribution in [0.5, 0.6) is 0 Å². The zero-order valence-corrected chi connectivity index (χ0v) is 16.1. The molecule has 150 valence electrons. The summed E-state index contributed by atoms with van der Waals surface area (Å²) in [6.45, 7) is 8.77. The number of rotatable bonds is 9. The molecule has 0 radical (unpaired) electrons. The lowest BCUT2D eigenvalue weighted by molar-refractivity contribution is -0.138. The van der Waals surface area contributed by atoms with Gasteiger partial charge in [0.1, 0.15) is 0 Å². The Morgan fingerprint density at radius 1 is 1.15 bits per heavy atom. The molecule has 27 heavy (non-hydrogen) atoms. The van der Waals surface area contributed by atoms with E-state index in [1.807, 2.05) is 6.07 Å². The van der Waals surface area contributed by atoms with E-state index in [9.17, 15) is 9.59 Å². The Morgan fingerprint density at radius 3 is 2.44 bits per heavy atom. The highest BCUT2D eigenvalue weighted by atomic mass is 16.4. The van der Waals surface area contributed by atoms with Crippen molar-refractivity contribution in [2.75, 3.05) is 44.2 Å². The molecule has 1 aliphatic rings. The second-order valence-corrected chi connectivity index (χ2v) is 7.42. The van der Waals surface area contributed by atoms with Crippen LogP contribution in [0.25, 0.3) is 0 Å². The second-order valence-electron chi connectivity index (χ2n) is 7.42. The molecule has 0 aromatic carbocycles. The van der Waals surface area contributed by atoms with Gasteiger partial charge in [-0.25, -0.2) is 14.8 Å². The lowest BCUT2D eigenvalue weighted by Gasteiger charge is -2.34. The van der Waals surface area contributed by atoms with Gasteiger partial charge in [-0.2, -0.15) is 0 Å². The zero-order valence-electron chi connectivity index (χ0n) is 16.1. The number of hydrogen-bond donors (Lipinski definition) is 3. The summed E-state index contributed by atoms with van der Waals surface area (Å²) in [6, 6.07) is 1.50. The lowest BCUT2D eigenvalue weighted by atomic mass is 10.0. The fourth-order valence-corrected chi connectivity index (χ4v) is 3.06. The molecule has 1 fully saturated rings. The first kappa shape index (κ1) is 20.9. The Kier molecular flexibility index (Phi) is 7.78. The summed E-state index contributed by atoms with van der Waals surface area (Å²) in [7, 11) is 0. The average molecular weight is 378 g/mol. The molecule has 0 saturated carbocycles. The largest absolute Gasteiger partial charge is 0.481 e. The van der Waals surface area contributed by atoms with E-state index in [2.05, 4.69) is 30.4 Å². The number of amides is 2. The molecule has 0 bridgehead atoms. The van der Waals surface area contributed by atoms with Gasteiger partial charge in [-0.3, -0.25) is 9.69 Å². The standard InChI is InChI=1S/C18H30N6O3/c1-18(2,14-15(25)26)22-17(27)21-6-3-4-9-23-10-12-24(13-11-23)16-19-7-5-8-20-16/h5,7-8H,3-4,6,9-14H2,1-2H3,(H,25,26)(H2,21,22,27). The minimum absolute atomic E-state index is 0.111. The maximum atomic E-state index is 11.8. The molecule has 0 aliphatic carbocycles. The molecule has 1 aromatic rings. The van der Waals surface area contributed by atoms with Gasteiger partial charge in [-0.05, 0) is 39.3 Å². The maximum Gasteiger partial charge on any atom is 0.315 e. The highest BCUT2D eigenvalue weighted by Gasteiger charge is 2.23. The summed E-state index contributed by atoms with van der Waals surface area (Å²) in [5.41, 5.74) is -0.766. The van der Waals surface area contributed by atoms with E-state index in [0.717, 1.165) is 51.5 Å². The van der Waals surface area contributed by atoms with Crippen LogP contribution in [-0.4, -0.2) is 76.8 Å². The number of unbranched alkanes of at least 4 members (excludes halogenated alkanes) is 1. The molecule has 1 aromatic heterocycles. The van der Waals surface area contributed by atoms with Crippen LogP contribution in [0.4, 0.5) is 10.7 Å². The molecule has 1 saturated heterocycles. The van der Waals surface area contributed by atoms with E-state index >= 15 is 0 Å². The Morgan fingerprint density at radius 2 is 1.81 bits per heavy atom. The number of aliphatic carboxylic acids is 1. The van der Waals surface area contributed by atoms with Crippen LogP contribution in [0.3, 0.4) is 0 Å². The molecule has 9 heteroatoms. The molecule has 3 N–H and O–H groups in total. The number of aromatic nitrogens is 2. The number of piperazine rings is 1. The summed E-state index contributed by atoms with van der Waals surface area (Å²) in [4.78, 5) is 35.8. The van der Waals surface area contributed by atoms with Crippen molar-refractivity contribution in [2.24, 2.45) is 0 Å². The normalized spacial score (nSPS) is 15.4. The van der Waals surface area contributed by atoms with Gasteiger partial charge in [0.15, 0.2) is 0 Å². The first-order valence-electron chi connectivity index (χ1n) is 9.38. The summed E-state index contributed by atoms with van der Waals surface area (Å²) in [5, 5.41) is 14.3. The van der Waals surface area contributed by atoms with Crippen molar-refractivity contribution in [1.82, 2.24) is 25.5 Å². The summed E-state index contributed by atoms with van der Waals surface area (Å²) in [5.74, 6) is -0.141. The molecule has 0 spiro atoms. The van der Waals surface area contributed by atoms with Crippen LogP contribution < -0.4 is 15.5 Å². The van der Waals surface area contributed by atoms with Crippen molar-refractivity contribution in [2.45, 2.75) is 38.6 Å². The highest BCUT2D eigenvalue weighted by Crippen LogP contribution is 2.10. The van der Waals surface area contributed by atoms with Gasteiger partial charge in [0.05, 0.1) is 6.42 Å². The van der Waals surface area contributed by atoms with Gasteiger partial charge in [0.2, 0.25) is 5.95 Å². The Bertz CT molecular complexity index is 602. The fraction of sp³-hybridized carbons (Fsp3) is 0.667. The van der Waals surface area contributed by atoms with E-state index in [4.69, 9.17) is 5.11 Å². The molecule has 0 atom stereocenters. The number of carbonyl (C=O) groups is 2. The van der Waals surface area contributed by atoms with Crippen LogP contribution >= 0.6 is 0 Å². The Labute approximate surface area is 160 Å². The molecule has 9 nitrogen and oxygen atoms in total. The van der Waals surface area contributed by atoms with Crippen LogP contribution in [0, 0.1) is 0 Å². The minimum atomic E-state index is -0.931. The first-order valence-corrected chi connectivity index (χ1v) is 9.38. The third-order valence-electron chi connectivity index (χ3n) is 4.44. The van der Waals surface area contributed by atoms with Crippen LogP contribution in [0.1, 0.15) is 33.1 Å². The van der Waals surface area contributed by atoms with Crippen molar-refractivity contribution >= 4 is 17.9 Å². The van der Waals surface area contributed by atoms with Crippen LogP contribution in [0.2, 0.25) is 0 Å². The molecule has 2 amide bonds. The Hall–Kier alpha value is -2.42. The van der Waals surface area contributed by atoms with Crippen LogP contribution in [-0.2, 0) is 4.79 Å². The number of hydrogen-bond acceptors (Lipinski definition) is 6. The van der Waals surface area contributed by atoms with Crippen molar-refractivity contribution in [1.29, 1.82) is 0 Å². The smallest absolute Gasteiger partial charge is 0.315 e. The highest BCUT2D eigenvalue weighted by molar-refractivity contribution is 5.76. The predicted molar refractivity (Wildman–Crippen MR) is 103 cm³/mol. The van der Waals surface area contributed by atoms with E-state index in [1.54, 1.807) is 26.2 Å². The third kappa shape index (κ3) is 7.78. The molecule has 2 heterocycles. The zero-order chi connectivity index (χ0) is 19.7. The monoisotopic (exact) mass is 378 g/mol. The van der Waals surface area contributed by atoms with E-state index < -0.39 is 11.5 Å². The van der Waals surface area contributed by atoms with Gasteiger partial charge in [-0.1, -0.05) is 0 Å². The van der Waals surface area contributed by atoms with Gasteiger partial charge in [-0.15, -0.1) is 0 Å². The first-order chi connectivity index (χ1) is 12.9. The topological polar surface area (TPSA) is 111 Å². The molecule has 0 unspecified atom stereocenters. The number of urea groups is 1. The predicted octanol–water partition coefficient (Wildman–Crippen LogP) is 0.931. The number of carboxylic acids is 1. The summed E-state index contributed by atoms with van der Waals surface area (Å²) < 4.78 is 0. The van der Waals surface area contributed by atoms with Crippen molar-refractivity contribution in [3.8, 4) is 0 Å². The Balaban J connectivity index is 1.55. The third-order valence-corrected chi connectivity index (χ3v) is 4.44. The molecular weight excluding hydrogens is 348 g/mol. The van der Waals surface area contributed by atoms with Gasteiger partial charge in [0, 0.05) is 50.7 Å². The van der Waals surface area contributed by atoms with Gasteiger partial charge < -0.3 is 20.6 Å². The fourth-order valence-electron chi connectivity index (χ4n) is 3.06. The number of carboxylic acid groups (broad SMARTS) is 1. The number of carbonyl (C=O) groups excluding carboxylic acids is 1. The van der Waals surface area contributed by atoms with E-state index in [1.165, 1.54) is 0 Å². The average Bonchev–Trinajstić information content (AvgIpc) is 2.61. The van der Waals surface area contributed by atoms with Crippen molar-refractivity contribution in [3.05, 3.63) is 18.5 Å². The molecule has 1 aliphatic heterocycles. The quantitative estimate of drug-likeness (QED) is 0.548. The van der Waals surface area contributed by atoms with Gasteiger partial charge >= 0.3 is 12.0 Å². The lowest BCUT2D eigenvalue weighted by Crippen LogP contribution is -2.49.